The van der Waals surface area contributed by atoms with Gasteiger partial charge in [0.15, 0.2) is 11.6 Å². The Hall–Kier alpha value is -2.41. The Morgan fingerprint density at radius 1 is 1.33 bits per heavy atom. The van der Waals surface area contributed by atoms with Crippen LogP contribution in [-0.4, -0.2) is 25.5 Å². The number of benzene rings is 1. The first kappa shape index (κ1) is 17.9. The molecule has 2 rings (SSSR count). The molecule has 1 heterocycles. The van der Waals surface area contributed by atoms with Gasteiger partial charge in [-0.15, -0.1) is 11.3 Å². The molecule has 0 aliphatic carbocycles. The van der Waals surface area contributed by atoms with Crippen LogP contribution in [0.5, 0.6) is 5.75 Å². The van der Waals surface area contributed by atoms with E-state index in [0.29, 0.717) is 10.4 Å². The molecule has 1 aromatic carbocycles. The van der Waals surface area contributed by atoms with Gasteiger partial charge in [-0.1, -0.05) is 12.1 Å². The number of amides is 2. The Kier molecular flexibility index (Phi) is 6.31. The average molecular weight is 350 g/mol. The quantitative estimate of drug-likeness (QED) is 0.807. The summed E-state index contributed by atoms with van der Waals surface area (Å²) in [6.45, 7) is 2.01. The average Bonchev–Trinajstić information content (AvgIpc) is 3.09. The highest BCUT2D eigenvalue weighted by molar-refractivity contribution is 7.12. The minimum atomic E-state index is -0.473. The molecule has 7 heteroatoms. The molecular weight excluding hydrogens is 331 g/mol. The Bertz CT molecular complexity index is 704. The third-order valence-electron chi connectivity index (χ3n) is 3.44. The lowest BCUT2D eigenvalue weighted by molar-refractivity contribution is -0.121. The van der Waals surface area contributed by atoms with Gasteiger partial charge in [-0.2, -0.15) is 0 Å². The standard InChI is InChI=1S/C17H19FN2O3S/c1-11(12-5-6-14(23-2)13(18)10-12)20-16(21)7-8-19-17(22)15-4-3-9-24-15/h3-6,9-11H,7-8H2,1-2H3,(H,19,22)(H,20,21). The summed E-state index contributed by atoms with van der Waals surface area (Å²) in [7, 11) is 1.40. The van der Waals surface area contributed by atoms with Gasteiger partial charge in [-0.05, 0) is 36.1 Å². The Balaban J connectivity index is 1.79. The minimum absolute atomic E-state index is 0.153. The summed E-state index contributed by atoms with van der Waals surface area (Å²) >= 11 is 1.34. The molecule has 0 fully saturated rings. The van der Waals surface area contributed by atoms with Crippen molar-refractivity contribution in [3.05, 3.63) is 52.0 Å². The van der Waals surface area contributed by atoms with E-state index < -0.39 is 5.82 Å². The van der Waals surface area contributed by atoms with Gasteiger partial charge in [-0.3, -0.25) is 9.59 Å². The summed E-state index contributed by atoms with van der Waals surface area (Å²) in [5.41, 5.74) is 0.643. The van der Waals surface area contributed by atoms with Gasteiger partial charge in [-0.25, -0.2) is 4.39 Å². The van der Waals surface area contributed by atoms with Crippen molar-refractivity contribution in [1.82, 2.24) is 10.6 Å². The molecule has 0 radical (unpaired) electrons. The highest BCUT2D eigenvalue weighted by Crippen LogP contribution is 2.21. The highest BCUT2D eigenvalue weighted by Gasteiger charge is 2.13. The second-order valence-electron chi connectivity index (χ2n) is 5.17. The summed E-state index contributed by atoms with van der Waals surface area (Å²) in [6.07, 6.45) is 0.153. The molecule has 2 amide bonds. The van der Waals surface area contributed by atoms with Crippen LogP contribution in [0, 0.1) is 5.82 Å². The number of halogens is 1. The number of thiophene rings is 1. The summed E-state index contributed by atoms with van der Waals surface area (Å²) < 4.78 is 18.6. The Morgan fingerprint density at radius 2 is 2.12 bits per heavy atom. The number of rotatable bonds is 7. The van der Waals surface area contributed by atoms with Gasteiger partial charge in [0.25, 0.3) is 5.91 Å². The molecule has 0 saturated heterocycles. The molecule has 0 saturated carbocycles. The van der Waals surface area contributed by atoms with E-state index in [9.17, 15) is 14.0 Å². The maximum Gasteiger partial charge on any atom is 0.261 e. The fraction of sp³-hybridized carbons (Fsp3) is 0.294. The van der Waals surface area contributed by atoms with Gasteiger partial charge in [0.2, 0.25) is 5.91 Å². The number of hydrogen-bond donors (Lipinski definition) is 2. The molecule has 2 N–H and O–H groups in total. The molecule has 0 bridgehead atoms. The van der Waals surface area contributed by atoms with Crippen LogP contribution in [0.2, 0.25) is 0 Å². The van der Waals surface area contributed by atoms with Crippen molar-refractivity contribution < 1.29 is 18.7 Å². The number of methoxy groups -OCH3 is 1. The van der Waals surface area contributed by atoms with Gasteiger partial charge < -0.3 is 15.4 Å². The molecule has 5 nitrogen and oxygen atoms in total. The zero-order valence-corrected chi connectivity index (χ0v) is 14.3. The monoisotopic (exact) mass is 350 g/mol. The maximum atomic E-state index is 13.7. The summed E-state index contributed by atoms with van der Waals surface area (Å²) in [5.74, 6) is -0.721. The largest absolute Gasteiger partial charge is 0.494 e. The third kappa shape index (κ3) is 4.79. The summed E-state index contributed by atoms with van der Waals surface area (Å²) in [6, 6.07) is 7.73. The van der Waals surface area contributed by atoms with Crippen molar-refractivity contribution in [2.45, 2.75) is 19.4 Å². The van der Waals surface area contributed by atoms with Crippen molar-refractivity contribution in [3.63, 3.8) is 0 Å². The van der Waals surface area contributed by atoms with Gasteiger partial charge >= 0.3 is 0 Å². The topological polar surface area (TPSA) is 67.4 Å². The molecule has 1 atom stereocenters. The van der Waals surface area contributed by atoms with Crippen LogP contribution in [0.4, 0.5) is 4.39 Å². The summed E-state index contributed by atoms with van der Waals surface area (Å²) in [5, 5.41) is 7.28. The normalized spacial score (nSPS) is 11.6. The molecular formula is C17H19FN2O3S. The molecule has 1 unspecified atom stereocenters. The molecule has 1 aromatic heterocycles. The highest BCUT2D eigenvalue weighted by atomic mass is 32.1. The van der Waals surface area contributed by atoms with Crippen LogP contribution in [0.3, 0.4) is 0 Å². The van der Waals surface area contributed by atoms with Crippen LogP contribution < -0.4 is 15.4 Å². The van der Waals surface area contributed by atoms with E-state index in [-0.39, 0.29) is 36.6 Å². The first-order chi connectivity index (χ1) is 11.5. The number of nitrogens with one attached hydrogen (secondary N) is 2. The molecule has 128 valence electrons. The molecule has 2 aromatic rings. The zero-order valence-electron chi connectivity index (χ0n) is 13.5. The van der Waals surface area contributed by atoms with E-state index in [1.807, 2.05) is 5.38 Å². The van der Waals surface area contributed by atoms with Crippen LogP contribution in [0.25, 0.3) is 0 Å². The molecule has 0 aliphatic heterocycles. The Morgan fingerprint density at radius 3 is 2.75 bits per heavy atom. The second kappa shape index (κ2) is 8.44. The number of ether oxygens (including phenoxy) is 1. The third-order valence-corrected chi connectivity index (χ3v) is 4.30. The lowest BCUT2D eigenvalue weighted by Crippen LogP contribution is -2.31. The van der Waals surface area contributed by atoms with Crippen molar-refractivity contribution in [2.75, 3.05) is 13.7 Å². The van der Waals surface area contributed by atoms with Crippen LogP contribution in [0.1, 0.15) is 34.6 Å². The van der Waals surface area contributed by atoms with Crippen LogP contribution >= 0.6 is 11.3 Å². The Labute approximate surface area is 143 Å². The smallest absolute Gasteiger partial charge is 0.261 e. The van der Waals surface area contributed by atoms with E-state index >= 15 is 0 Å². The maximum absolute atomic E-state index is 13.7. The van der Waals surface area contributed by atoms with Crippen molar-refractivity contribution in [3.8, 4) is 5.75 Å². The lowest BCUT2D eigenvalue weighted by atomic mass is 10.1. The van der Waals surface area contributed by atoms with Crippen molar-refractivity contribution in [2.24, 2.45) is 0 Å². The van der Waals surface area contributed by atoms with E-state index in [1.54, 1.807) is 25.1 Å². The predicted molar refractivity (Wildman–Crippen MR) is 90.8 cm³/mol. The van der Waals surface area contributed by atoms with E-state index in [1.165, 1.54) is 30.6 Å². The number of carbonyl (C=O) groups excluding carboxylic acids is 2. The minimum Gasteiger partial charge on any atom is -0.494 e. The van der Waals surface area contributed by atoms with Crippen LogP contribution in [-0.2, 0) is 4.79 Å². The fourth-order valence-electron chi connectivity index (χ4n) is 2.13. The first-order valence-electron chi connectivity index (χ1n) is 7.45. The second-order valence-corrected chi connectivity index (χ2v) is 6.11. The predicted octanol–water partition coefficient (Wildman–Crippen LogP) is 2.89. The first-order valence-corrected chi connectivity index (χ1v) is 8.33. The van der Waals surface area contributed by atoms with E-state index in [4.69, 9.17) is 4.74 Å². The SMILES string of the molecule is COc1ccc(C(C)NC(=O)CCNC(=O)c2cccs2)cc1F. The van der Waals surface area contributed by atoms with Crippen LogP contribution in [0.15, 0.2) is 35.7 Å². The van der Waals surface area contributed by atoms with Gasteiger partial charge in [0, 0.05) is 13.0 Å². The number of hydrogen-bond acceptors (Lipinski definition) is 4. The van der Waals surface area contributed by atoms with Crippen molar-refractivity contribution >= 4 is 23.2 Å². The van der Waals surface area contributed by atoms with E-state index in [2.05, 4.69) is 10.6 Å². The van der Waals surface area contributed by atoms with Gasteiger partial charge in [0.1, 0.15) is 0 Å². The lowest BCUT2D eigenvalue weighted by Gasteiger charge is -2.15. The molecule has 24 heavy (non-hydrogen) atoms. The zero-order chi connectivity index (χ0) is 17.5. The summed E-state index contributed by atoms with van der Waals surface area (Å²) in [4.78, 5) is 24.3. The molecule has 0 aliphatic rings. The van der Waals surface area contributed by atoms with Crippen molar-refractivity contribution in [1.29, 1.82) is 0 Å². The van der Waals surface area contributed by atoms with E-state index in [0.717, 1.165) is 0 Å². The number of carbonyl (C=O) groups is 2. The fourth-order valence-corrected chi connectivity index (χ4v) is 2.77. The molecule has 0 spiro atoms. The van der Waals surface area contributed by atoms with Gasteiger partial charge in [0.05, 0.1) is 18.0 Å².